The molecule has 1 N–H and O–H groups in total. The van der Waals surface area contributed by atoms with Crippen LogP contribution in [0.1, 0.15) is 42.9 Å². The summed E-state index contributed by atoms with van der Waals surface area (Å²) in [6.45, 7) is 0.395. The zero-order valence-corrected chi connectivity index (χ0v) is 7.74. The second kappa shape index (κ2) is 3.02. The molecule has 3 rings (SSSR count). The molecular weight excluding hydrogens is 185 g/mol. The van der Waals surface area contributed by atoms with Crippen molar-refractivity contribution in [2.75, 3.05) is 6.54 Å². The largest absolute Gasteiger partial charge is 0.338 e. The first kappa shape index (κ1) is 8.35. The molecule has 0 radical (unpaired) electrons. The van der Waals surface area contributed by atoms with Crippen LogP contribution in [-0.2, 0) is 0 Å². The molecule has 0 bridgehead atoms. The van der Waals surface area contributed by atoms with Crippen molar-refractivity contribution in [3.63, 3.8) is 0 Å². The van der Waals surface area contributed by atoms with Gasteiger partial charge in [-0.05, 0) is 12.8 Å². The smallest absolute Gasteiger partial charge is 0.243 e. The first-order valence-corrected chi connectivity index (χ1v) is 5.04. The standard InChI is InChI=1S/C9H12FN3O/c10-6-3-7(11-4-6)9-12-8(13-14-9)5-1-2-5/h5-7,11H,1-4H2/t6-,7+/m1/s1. The Bertz CT molecular complexity index is 337. The molecule has 1 saturated carbocycles. The predicted octanol–water partition coefficient (Wildman–Crippen LogP) is 1.32. The van der Waals surface area contributed by atoms with E-state index in [-0.39, 0.29) is 6.04 Å². The third-order valence-corrected chi connectivity index (χ3v) is 2.78. The Morgan fingerprint density at radius 2 is 2.29 bits per heavy atom. The van der Waals surface area contributed by atoms with E-state index in [0.717, 1.165) is 18.7 Å². The molecule has 1 aromatic heterocycles. The molecule has 0 unspecified atom stereocenters. The van der Waals surface area contributed by atoms with E-state index >= 15 is 0 Å². The van der Waals surface area contributed by atoms with Crippen LogP contribution >= 0.6 is 0 Å². The Hall–Kier alpha value is -0.970. The molecular formula is C9H12FN3O. The van der Waals surface area contributed by atoms with Gasteiger partial charge >= 0.3 is 0 Å². The summed E-state index contributed by atoms with van der Waals surface area (Å²) in [6, 6.07) is -0.0787. The summed E-state index contributed by atoms with van der Waals surface area (Å²) in [6.07, 6.45) is 1.98. The maximum Gasteiger partial charge on any atom is 0.243 e. The number of nitrogens with one attached hydrogen (secondary N) is 1. The van der Waals surface area contributed by atoms with Crippen LogP contribution in [0.25, 0.3) is 0 Å². The molecule has 1 saturated heterocycles. The van der Waals surface area contributed by atoms with E-state index in [0.29, 0.717) is 24.8 Å². The van der Waals surface area contributed by atoms with Crippen molar-refractivity contribution in [1.82, 2.24) is 15.5 Å². The summed E-state index contributed by atoms with van der Waals surface area (Å²) in [5.74, 6) is 1.84. The van der Waals surface area contributed by atoms with Gasteiger partial charge in [-0.3, -0.25) is 0 Å². The number of hydrogen-bond acceptors (Lipinski definition) is 4. The van der Waals surface area contributed by atoms with Gasteiger partial charge in [-0.15, -0.1) is 0 Å². The molecule has 2 atom stereocenters. The molecule has 2 fully saturated rings. The van der Waals surface area contributed by atoms with Crippen LogP contribution in [-0.4, -0.2) is 22.9 Å². The monoisotopic (exact) mass is 197 g/mol. The maximum absolute atomic E-state index is 12.9. The molecule has 4 nitrogen and oxygen atoms in total. The normalized spacial score (nSPS) is 32.4. The second-order valence-electron chi connectivity index (χ2n) is 4.06. The van der Waals surface area contributed by atoms with Crippen LogP contribution in [0.15, 0.2) is 4.52 Å². The molecule has 0 spiro atoms. The second-order valence-corrected chi connectivity index (χ2v) is 4.06. The van der Waals surface area contributed by atoms with Gasteiger partial charge in [-0.25, -0.2) is 4.39 Å². The molecule has 2 heterocycles. The predicted molar refractivity (Wildman–Crippen MR) is 46.5 cm³/mol. The van der Waals surface area contributed by atoms with Crippen LogP contribution in [0.3, 0.4) is 0 Å². The van der Waals surface area contributed by atoms with Crippen molar-refractivity contribution in [2.24, 2.45) is 0 Å². The zero-order chi connectivity index (χ0) is 9.54. The number of hydrogen-bond donors (Lipinski definition) is 1. The van der Waals surface area contributed by atoms with E-state index in [2.05, 4.69) is 15.5 Å². The topological polar surface area (TPSA) is 51.0 Å². The van der Waals surface area contributed by atoms with E-state index in [1.54, 1.807) is 0 Å². The minimum atomic E-state index is -0.781. The number of halogens is 1. The number of aromatic nitrogens is 2. The number of rotatable bonds is 2. The van der Waals surface area contributed by atoms with Gasteiger partial charge in [0.2, 0.25) is 5.89 Å². The summed E-state index contributed by atoms with van der Waals surface area (Å²) in [5, 5.41) is 6.92. The van der Waals surface area contributed by atoms with Crippen LogP contribution in [0.5, 0.6) is 0 Å². The van der Waals surface area contributed by atoms with Gasteiger partial charge in [0.1, 0.15) is 6.17 Å². The average Bonchev–Trinajstić information content (AvgIpc) is 2.76. The minimum absolute atomic E-state index is 0.0787. The van der Waals surface area contributed by atoms with E-state index in [1.807, 2.05) is 0 Å². The molecule has 1 aromatic rings. The lowest BCUT2D eigenvalue weighted by Crippen LogP contribution is -2.14. The Kier molecular flexibility index (Phi) is 1.80. The fourth-order valence-electron chi connectivity index (χ4n) is 1.78. The molecule has 76 valence electrons. The molecule has 0 amide bonds. The number of nitrogens with zero attached hydrogens (tertiary/aromatic N) is 2. The first-order chi connectivity index (χ1) is 6.83. The Labute approximate surface area is 80.9 Å². The van der Waals surface area contributed by atoms with Gasteiger partial charge in [0, 0.05) is 18.9 Å². The quantitative estimate of drug-likeness (QED) is 0.776. The molecule has 14 heavy (non-hydrogen) atoms. The van der Waals surface area contributed by atoms with Crippen molar-refractivity contribution in [3.8, 4) is 0 Å². The van der Waals surface area contributed by atoms with Crippen molar-refractivity contribution in [1.29, 1.82) is 0 Å². The van der Waals surface area contributed by atoms with Crippen molar-refractivity contribution in [3.05, 3.63) is 11.7 Å². The first-order valence-electron chi connectivity index (χ1n) is 5.04. The van der Waals surface area contributed by atoms with Crippen LogP contribution < -0.4 is 5.32 Å². The molecule has 5 heteroatoms. The highest BCUT2D eigenvalue weighted by Gasteiger charge is 2.33. The van der Waals surface area contributed by atoms with Gasteiger partial charge in [0.05, 0.1) is 6.04 Å². The summed E-state index contributed by atoms with van der Waals surface area (Å²) in [5.41, 5.74) is 0. The lowest BCUT2D eigenvalue weighted by atomic mass is 10.2. The fraction of sp³-hybridized carbons (Fsp3) is 0.778. The maximum atomic E-state index is 12.9. The third-order valence-electron chi connectivity index (χ3n) is 2.78. The average molecular weight is 197 g/mol. The lowest BCUT2D eigenvalue weighted by Gasteiger charge is -2.00. The van der Waals surface area contributed by atoms with Crippen molar-refractivity contribution < 1.29 is 8.91 Å². The Balaban J connectivity index is 1.75. The lowest BCUT2D eigenvalue weighted by molar-refractivity contribution is 0.322. The molecule has 0 aromatic carbocycles. The Morgan fingerprint density at radius 3 is 2.93 bits per heavy atom. The van der Waals surface area contributed by atoms with Crippen molar-refractivity contribution >= 4 is 0 Å². The molecule has 1 aliphatic heterocycles. The van der Waals surface area contributed by atoms with Crippen LogP contribution in [0.2, 0.25) is 0 Å². The highest BCUT2D eigenvalue weighted by Crippen LogP contribution is 2.38. The zero-order valence-electron chi connectivity index (χ0n) is 7.74. The van der Waals surface area contributed by atoms with E-state index in [1.165, 1.54) is 0 Å². The summed E-state index contributed by atoms with van der Waals surface area (Å²) in [7, 11) is 0. The Morgan fingerprint density at radius 1 is 1.43 bits per heavy atom. The van der Waals surface area contributed by atoms with Gasteiger partial charge in [0.15, 0.2) is 5.82 Å². The van der Waals surface area contributed by atoms with Gasteiger partial charge < -0.3 is 9.84 Å². The summed E-state index contributed by atoms with van der Waals surface area (Å²) in [4.78, 5) is 4.28. The fourth-order valence-corrected chi connectivity index (χ4v) is 1.78. The summed E-state index contributed by atoms with van der Waals surface area (Å²) >= 11 is 0. The van der Waals surface area contributed by atoms with E-state index < -0.39 is 6.17 Å². The summed E-state index contributed by atoms with van der Waals surface area (Å²) < 4.78 is 18.0. The van der Waals surface area contributed by atoms with Crippen molar-refractivity contribution in [2.45, 2.75) is 37.4 Å². The third kappa shape index (κ3) is 1.41. The minimum Gasteiger partial charge on any atom is -0.338 e. The van der Waals surface area contributed by atoms with Gasteiger partial charge in [-0.2, -0.15) is 4.98 Å². The molecule has 1 aliphatic carbocycles. The SMILES string of the molecule is F[C@H]1CN[C@H](c2nc(C3CC3)no2)C1. The van der Waals surface area contributed by atoms with E-state index in [4.69, 9.17) is 4.52 Å². The highest BCUT2D eigenvalue weighted by atomic mass is 19.1. The number of alkyl halides is 1. The van der Waals surface area contributed by atoms with Gasteiger partial charge in [-0.1, -0.05) is 5.16 Å². The van der Waals surface area contributed by atoms with E-state index in [9.17, 15) is 4.39 Å². The van der Waals surface area contributed by atoms with Gasteiger partial charge in [0.25, 0.3) is 0 Å². The van der Waals surface area contributed by atoms with Crippen LogP contribution in [0, 0.1) is 0 Å². The molecule has 2 aliphatic rings. The van der Waals surface area contributed by atoms with Crippen LogP contribution in [0.4, 0.5) is 4.39 Å². The highest BCUT2D eigenvalue weighted by molar-refractivity contribution is 5.06.